The van der Waals surface area contributed by atoms with Gasteiger partial charge in [-0.15, -0.1) is 0 Å². The Labute approximate surface area is 126 Å². The number of nitrogens with two attached hydrogens (primary N) is 1. The van der Waals surface area contributed by atoms with Gasteiger partial charge in [-0.25, -0.2) is 9.97 Å². The fourth-order valence-corrected chi connectivity index (χ4v) is 2.51. The van der Waals surface area contributed by atoms with Crippen LogP contribution in [0.3, 0.4) is 0 Å². The topological polar surface area (TPSA) is 51.8 Å². The molecule has 0 unspecified atom stereocenters. The normalized spacial score (nSPS) is 11.1. The Hall–Kier alpha value is -1.13. The minimum Gasteiger partial charge on any atom is -0.383 e. The minimum absolute atomic E-state index is 0.308. The molecule has 1 aromatic heterocycles. The van der Waals surface area contributed by atoms with Crippen molar-refractivity contribution in [3.8, 4) is 11.4 Å². The second-order valence-corrected chi connectivity index (χ2v) is 5.98. The van der Waals surface area contributed by atoms with Crippen LogP contribution < -0.4 is 5.73 Å². The number of benzene rings is 1. The molecule has 19 heavy (non-hydrogen) atoms. The van der Waals surface area contributed by atoms with Gasteiger partial charge >= 0.3 is 0 Å². The fraction of sp³-hybridized carbons (Fsp3) is 0.286. The maximum Gasteiger partial charge on any atom is 0.161 e. The molecular weight excluding hydrogens is 326 g/mol. The third-order valence-electron chi connectivity index (χ3n) is 2.92. The molecule has 0 amide bonds. The van der Waals surface area contributed by atoms with Crippen LogP contribution in [0.25, 0.3) is 11.4 Å². The van der Waals surface area contributed by atoms with Crippen LogP contribution in [-0.4, -0.2) is 9.97 Å². The molecule has 0 saturated heterocycles. The van der Waals surface area contributed by atoms with E-state index in [2.05, 4.69) is 39.7 Å². The van der Waals surface area contributed by atoms with Crippen molar-refractivity contribution in [1.29, 1.82) is 0 Å². The van der Waals surface area contributed by atoms with Crippen LogP contribution in [0.4, 0.5) is 5.82 Å². The second-order valence-electron chi connectivity index (χ2n) is 4.72. The Kier molecular flexibility index (Phi) is 4.11. The van der Waals surface area contributed by atoms with Crippen LogP contribution in [0.1, 0.15) is 31.0 Å². The summed E-state index contributed by atoms with van der Waals surface area (Å²) in [6.07, 6.45) is 0. The molecule has 1 aromatic carbocycles. The van der Waals surface area contributed by atoms with E-state index in [1.165, 1.54) is 0 Å². The van der Waals surface area contributed by atoms with Crippen LogP contribution in [0, 0.1) is 6.92 Å². The third-order valence-corrected chi connectivity index (χ3v) is 4.15. The highest BCUT2D eigenvalue weighted by molar-refractivity contribution is 9.10. The van der Waals surface area contributed by atoms with Crippen molar-refractivity contribution in [1.82, 2.24) is 9.97 Å². The van der Waals surface area contributed by atoms with Crippen molar-refractivity contribution in [3.05, 3.63) is 39.0 Å². The molecule has 0 bridgehead atoms. The second kappa shape index (κ2) is 5.47. The molecule has 2 aromatic rings. The first-order chi connectivity index (χ1) is 8.90. The lowest BCUT2D eigenvalue weighted by atomic mass is 10.0. The lowest BCUT2D eigenvalue weighted by Crippen LogP contribution is -2.06. The lowest BCUT2D eigenvalue weighted by Gasteiger charge is -2.13. The van der Waals surface area contributed by atoms with E-state index in [-0.39, 0.29) is 0 Å². The van der Waals surface area contributed by atoms with Crippen LogP contribution in [-0.2, 0) is 0 Å². The average molecular weight is 341 g/mol. The third kappa shape index (κ3) is 2.90. The maximum absolute atomic E-state index is 6.09. The summed E-state index contributed by atoms with van der Waals surface area (Å²) in [5.74, 6) is 1.45. The van der Waals surface area contributed by atoms with Gasteiger partial charge in [0.2, 0.25) is 0 Å². The van der Waals surface area contributed by atoms with E-state index in [1.807, 2.05) is 25.1 Å². The van der Waals surface area contributed by atoms with E-state index in [9.17, 15) is 0 Å². The average Bonchev–Trinajstić information content (AvgIpc) is 2.31. The van der Waals surface area contributed by atoms with Gasteiger partial charge in [0.05, 0.1) is 5.02 Å². The van der Waals surface area contributed by atoms with E-state index >= 15 is 0 Å². The summed E-state index contributed by atoms with van der Waals surface area (Å²) in [4.78, 5) is 8.92. The van der Waals surface area contributed by atoms with Crippen LogP contribution in [0.15, 0.2) is 22.7 Å². The number of nitrogen functional groups attached to an aromatic ring is 1. The SMILES string of the molecule is Cc1nc(-c2ccc(Br)c(Cl)c2)nc(N)c1C(C)C. The van der Waals surface area contributed by atoms with Crippen LogP contribution in [0.5, 0.6) is 0 Å². The summed E-state index contributed by atoms with van der Waals surface area (Å²) in [6, 6.07) is 5.62. The maximum atomic E-state index is 6.09. The van der Waals surface area contributed by atoms with Crippen molar-refractivity contribution < 1.29 is 0 Å². The summed E-state index contributed by atoms with van der Waals surface area (Å²) >= 11 is 9.46. The van der Waals surface area contributed by atoms with Crippen molar-refractivity contribution in [2.45, 2.75) is 26.7 Å². The molecule has 0 saturated carbocycles. The highest BCUT2D eigenvalue weighted by Gasteiger charge is 2.13. The van der Waals surface area contributed by atoms with E-state index in [1.54, 1.807) is 0 Å². The van der Waals surface area contributed by atoms with Gasteiger partial charge in [-0.2, -0.15) is 0 Å². The lowest BCUT2D eigenvalue weighted by molar-refractivity contribution is 0.836. The van der Waals surface area contributed by atoms with Crippen molar-refractivity contribution in [3.63, 3.8) is 0 Å². The number of aromatic nitrogens is 2. The number of rotatable bonds is 2. The first-order valence-electron chi connectivity index (χ1n) is 5.99. The molecular formula is C14H15BrClN3. The fourth-order valence-electron chi connectivity index (χ4n) is 2.08. The summed E-state index contributed by atoms with van der Waals surface area (Å²) in [7, 11) is 0. The zero-order valence-electron chi connectivity index (χ0n) is 11.0. The smallest absolute Gasteiger partial charge is 0.161 e. The predicted molar refractivity (Wildman–Crippen MR) is 83.4 cm³/mol. The number of anilines is 1. The molecule has 5 heteroatoms. The van der Waals surface area contributed by atoms with Gasteiger partial charge in [0.15, 0.2) is 5.82 Å². The summed E-state index contributed by atoms with van der Waals surface area (Å²) in [5, 5.41) is 0.630. The first-order valence-corrected chi connectivity index (χ1v) is 7.16. The van der Waals surface area contributed by atoms with E-state index < -0.39 is 0 Å². The molecule has 3 nitrogen and oxygen atoms in total. The monoisotopic (exact) mass is 339 g/mol. The zero-order valence-corrected chi connectivity index (χ0v) is 13.4. The van der Waals surface area contributed by atoms with E-state index in [4.69, 9.17) is 17.3 Å². The van der Waals surface area contributed by atoms with Crippen molar-refractivity contribution >= 4 is 33.3 Å². The number of hydrogen-bond donors (Lipinski definition) is 1. The summed E-state index contributed by atoms with van der Waals surface area (Å²) in [6.45, 7) is 6.12. The van der Waals surface area contributed by atoms with Gasteiger partial charge in [0.1, 0.15) is 5.82 Å². The zero-order chi connectivity index (χ0) is 14.2. The first kappa shape index (κ1) is 14.3. The largest absolute Gasteiger partial charge is 0.383 e. The quantitative estimate of drug-likeness (QED) is 0.871. The van der Waals surface area contributed by atoms with Gasteiger partial charge in [0, 0.05) is 21.3 Å². The Balaban J connectivity index is 2.55. The molecule has 1 heterocycles. The Bertz CT molecular complexity index is 603. The summed E-state index contributed by atoms with van der Waals surface area (Å²) < 4.78 is 0.849. The van der Waals surface area contributed by atoms with E-state index in [0.717, 1.165) is 21.3 Å². The Morgan fingerprint density at radius 2 is 1.95 bits per heavy atom. The molecule has 100 valence electrons. The Morgan fingerprint density at radius 3 is 2.47 bits per heavy atom. The van der Waals surface area contributed by atoms with Gasteiger partial charge < -0.3 is 5.73 Å². The van der Waals surface area contributed by atoms with Crippen LogP contribution in [0.2, 0.25) is 5.02 Å². The van der Waals surface area contributed by atoms with Crippen molar-refractivity contribution in [2.24, 2.45) is 0 Å². The van der Waals surface area contributed by atoms with Crippen molar-refractivity contribution in [2.75, 3.05) is 5.73 Å². The highest BCUT2D eigenvalue weighted by Crippen LogP contribution is 2.30. The number of halogens is 2. The molecule has 2 rings (SSSR count). The molecule has 0 aliphatic carbocycles. The number of aryl methyl sites for hydroxylation is 1. The molecule has 0 aliphatic rings. The highest BCUT2D eigenvalue weighted by atomic mass is 79.9. The molecule has 0 atom stereocenters. The minimum atomic E-state index is 0.308. The van der Waals surface area contributed by atoms with Gasteiger partial charge in [0.25, 0.3) is 0 Å². The summed E-state index contributed by atoms with van der Waals surface area (Å²) in [5.41, 5.74) is 8.81. The van der Waals surface area contributed by atoms with Crippen LogP contribution >= 0.6 is 27.5 Å². The standard InChI is InChI=1S/C14H15BrClN3/c1-7(2)12-8(3)18-14(19-13(12)17)9-4-5-10(15)11(16)6-9/h4-7H,1-3H3,(H2,17,18,19). The number of hydrogen-bond acceptors (Lipinski definition) is 3. The molecule has 0 fully saturated rings. The molecule has 0 aliphatic heterocycles. The molecule has 0 radical (unpaired) electrons. The molecule has 2 N–H and O–H groups in total. The predicted octanol–water partition coefficient (Wildman–Crippen LogP) is 4.57. The van der Waals surface area contributed by atoms with Gasteiger partial charge in [-0.3, -0.25) is 0 Å². The van der Waals surface area contributed by atoms with Gasteiger partial charge in [-0.05, 0) is 47.0 Å². The molecule has 0 spiro atoms. The van der Waals surface area contributed by atoms with Gasteiger partial charge in [-0.1, -0.05) is 25.4 Å². The number of nitrogens with zero attached hydrogens (tertiary/aromatic N) is 2. The Morgan fingerprint density at radius 1 is 1.26 bits per heavy atom. The van der Waals surface area contributed by atoms with E-state index in [0.29, 0.717) is 22.6 Å².